The molecule has 0 aliphatic heterocycles. The fourth-order valence-electron chi connectivity index (χ4n) is 2.26. The monoisotopic (exact) mass is 288 g/mol. The number of hydrogen-bond acceptors (Lipinski definition) is 2. The van der Waals surface area contributed by atoms with E-state index in [0.29, 0.717) is 13.0 Å². The molecule has 1 aliphatic carbocycles. The highest BCUT2D eigenvalue weighted by Crippen LogP contribution is 2.24. The summed E-state index contributed by atoms with van der Waals surface area (Å²) in [6, 6.07) is -0.241. The average molecular weight is 288 g/mol. The lowest BCUT2D eigenvalue weighted by Gasteiger charge is -2.28. The lowest BCUT2D eigenvalue weighted by atomic mass is 9.86. The fourth-order valence-corrected chi connectivity index (χ4v) is 2.26. The van der Waals surface area contributed by atoms with Crippen molar-refractivity contribution in [2.24, 2.45) is 5.92 Å². The van der Waals surface area contributed by atoms with E-state index in [1.165, 1.54) is 6.08 Å². The zero-order valence-electron chi connectivity index (χ0n) is 11.5. The first kappa shape index (κ1) is 16.5. The smallest absolute Gasteiger partial charge is 0.315 e. The van der Waals surface area contributed by atoms with E-state index in [2.05, 4.69) is 21.9 Å². The predicted octanol–water partition coefficient (Wildman–Crippen LogP) is 2.83. The number of amides is 2. The topological polar surface area (TPSA) is 50.4 Å². The van der Waals surface area contributed by atoms with Crippen molar-refractivity contribution in [2.45, 2.75) is 31.7 Å². The quantitative estimate of drug-likeness (QED) is 0.559. The van der Waals surface area contributed by atoms with E-state index in [9.17, 15) is 13.6 Å². The molecule has 2 amide bonds. The Balaban J connectivity index is 2.18. The number of rotatable bonds is 7. The molecule has 2 N–H and O–H groups in total. The first-order chi connectivity index (χ1) is 9.65. The van der Waals surface area contributed by atoms with Crippen LogP contribution in [0.4, 0.5) is 13.6 Å². The van der Waals surface area contributed by atoms with E-state index in [0.717, 1.165) is 19.3 Å². The number of ether oxygens (including phenoxy) is 1. The summed E-state index contributed by atoms with van der Waals surface area (Å²) < 4.78 is 28.9. The Morgan fingerprint density at radius 2 is 2.20 bits per heavy atom. The number of urea groups is 1. The molecule has 1 aliphatic rings. The minimum Gasteiger partial charge on any atom is -0.464 e. The van der Waals surface area contributed by atoms with Gasteiger partial charge in [-0.2, -0.15) is 0 Å². The van der Waals surface area contributed by atoms with Crippen molar-refractivity contribution in [3.63, 3.8) is 0 Å². The Morgan fingerprint density at radius 3 is 2.90 bits per heavy atom. The van der Waals surface area contributed by atoms with Crippen molar-refractivity contribution in [3.05, 3.63) is 24.5 Å². The molecule has 20 heavy (non-hydrogen) atoms. The van der Waals surface area contributed by atoms with Crippen LogP contribution in [0, 0.1) is 5.92 Å². The molecule has 0 radical (unpaired) electrons. The SMILES string of the molecule is C=C(/C=C/CNC(=O)N[C@@H]1CCC[C@H](CF)C1)OCF. The molecule has 0 aromatic carbocycles. The molecule has 1 saturated carbocycles. The van der Waals surface area contributed by atoms with E-state index in [1.54, 1.807) is 6.08 Å². The molecule has 1 fully saturated rings. The second-order valence-electron chi connectivity index (χ2n) is 4.86. The summed E-state index contributed by atoms with van der Waals surface area (Å²) in [6.45, 7) is 2.51. The molecule has 0 bridgehead atoms. The van der Waals surface area contributed by atoms with Gasteiger partial charge < -0.3 is 15.4 Å². The number of carbonyl (C=O) groups is 1. The van der Waals surface area contributed by atoms with Crippen LogP contribution >= 0.6 is 0 Å². The zero-order chi connectivity index (χ0) is 14.8. The Labute approximate surface area is 118 Å². The van der Waals surface area contributed by atoms with Gasteiger partial charge in [0.15, 0.2) is 0 Å². The van der Waals surface area contributed by atoms with Crippen molar-refractivity contribution in [1.82, 2.24) is 10.6 Å². The molecule has 2 atom stereocenters. The lowest BCUT2D eigenvalue weighted by Crippen LogP contribution is -2.44. The number of nitrogens with one attached hydrogen (secondary N) is 2. The van der Waals surface area contributed by atoms with Gasteiger partial charge in [0.1, 0.15) is 5.76 Å². The molecule has 0 saturated heterocycles. The Hall–Kier alpha value is -1.59. The van der Waals surface area contributed by atoms with Crippen molar-refractivity contribution < 1.29 is 18.3 Å². The van der Waals surface area contributed by atoms with Gasteiger partial charge in [-0.25, -0.2) is 9.18 Å². The largest absolute Gasteiger partial charge is 0.464 e. The Morgan fingerprint density at radius 1 is 1.40 bits per heavy atom. The van der Waals surface area contributed by atoms with Crippen LogP contribution in [0.1, 0.15) is 25.7 Å². The van der Waals surface area contributed by atoms with Crippen LogP contribution in [0.2, 0.25) is 0 Å². The molecule has 1 rings (SSSR count). The van der Waals surface area contributed by atoms with Crippen LogP contribution in [0.15, 0.2) is 24.5 Å². The van der Waals surface area contributed by atoms with E-state index < -0.39 is 6.86 Å². The maximum Gasteiger partial charge on any atom is 0.315 e. The third-order valence-electron chi connectivity index (χ3n) is 3.26. The first-order valence-electron chi connectivity index (χ1n) is 6.80. The second-order valence-corrected chi connectivity index (χ2v) is 4.86. The van der Waals surface area contributed by atoms with Crippen molar-refractivity contribution in [3.8, 4) is 0 Å². The second kappa shape index (κ2) is 9.34. The Bertz CT molecular complexity index is 348. The van der Waals surface area contributed by atoms with Gasteiger partial charge in [-0.05, 0) is 31.3 Å². The summed E-state index contributed by atoms with van der Waals surface area (Å²) in [5, 5.41) is 5.47. The van der Waals surface area contributed by atoms with Crippen LogP contribution in [0.25, 0.3) is 0 Å². The standard InChI is InChI=1S/C14H22F2N2O2/c1-11(20-10-16)4-3-7-17-14(19)18-13-6-2-5-12(8-13)9-15/h3-4,12-13H,1-2,5-10H2,(H2,17,18,19)/b4-3+/t12-,13+/m0/s1. The minimum atomic E-state index is -0.922. The molecule has 0 aromatic heterocycles. The van der Waals surface area contributed by atoms with Crippen LogP contribution in [-0.4, -0.2) is 32.2 Å². The molecular formula is C14H22F2N2O2. The molecule has 6 heteroatoms. The maximum absolute atomic E-state index is 12.6. The number of carbonyl (C=O) groups excluding carboxylic acids is 1. The average Bonchev–Trinajstić information content (AvgIpc) is 2.44. The molecule has 4 nitrogen and oxygen atoms in total. The maximum atomic E-state index is 12.6. The highest BCUT2D eigenvalue weighted by molar-refractivity contribution is 5.74. The molecule has 0 spiro atoms. The Kier molecular flexibility index (Phi) is 7.69. The lowest BCUT2D eigenvalue weighted by molar-refractivity contribution is 0.125. The number of allylic oxidation sites excluding steroid dienone is 1. The van der Waals surface area contributed by atoms with Crippen LogP contribution < -0.4 is 10.6 Å². The number of halogens is 2. The van der Waals surface area contributed by atoms with Gasteiger partial charge in [-0.3, -0.25) is 4.39 Å². The number of hydrogen-bond donors (Lipinski definition) is 2. The van der Waals surface area contributed by atoms with Crippen LogP contribution in [-0.2, 0) is 4.74 Å². The fraction of sp³-hybridized carbons (Fsp3) is 0.643. The summed E-state index contributed by atoms with van der Waals surface area (Å²) in [5.41, 5.74) is 0. The van der Waals surface area contributed by atoms with Gasteiger partial charge in [-0.15, -0.1) is 0 Å². The third-order valence-corrected chi connectivity index (χ3v) is 3.26. The van der Waals surface area contributed by atoms with E-state index in [1.807, 2.05) is 0 Å². The van der Waals surface area contributed by atoms with Gasteiger partial charge in [0.25, 0.3) is 0 Å². The first-order valence-corrected chi connectivity index (χ1v) is 6.80. The van der Waals surface area contributed by atoms with Crippen LogP contribution in [0.5, 0.6) is 0 Å². The molecule has 0 aromatic rings. The van der Waals surface area contributed by atoms with Crippen molar-refractivity contribution in [2.75, 3.05) is 20.1 Å². The highest BCUT2D eigenvalue weighted by atomic mass is 19.1. The predicted molar refractivity (Wildman–Crippen MR) is 73.6 cm³/mol. The van der Waals surface area contributed by atoms with Crippen LogP contribution in [0.3, 0.4) is 0 Å². The summed E-state index contributed by atoms with van der Waals surface area (Å²) in [7, 11) is 0. The summed E-state index contributed by atoms with van der Waals surface area (Å²) in [6.07, 6.45) is 6.53. The molecular weight excluding hydrogens is 266 g/mol. The van der Waals surface area contributed by atoms with E-state index in [-0.39, 0.29) is 30.4 Å². The number of alkyl halides is 2. The van der Waals surface area contributed by atoms with Gasteiger partial charge in [-0.1, -0.05) is 19.1 Å². The summed E-state index contributed by atoms with van der Waals surface area (Å²) in [5.74, 6) is 0.267. The van der Waals surface area contributed by atoms with Gasteiger partial charge in [0, 0.05) is 12.6 Å². The molecule has 114 valence electrons. The van der Waals surface area contributed by atoms with Gasteiger partial charge in [0.05, 0.1) is 6.67 Å². The van der Waals surface area contributed by atoms with Gasteiger partial charge in [0.2, 0.25) is 6.86 Å². The zero-order valence-corrected chi connectivity index (χ0v) is 11.5. The minimum absolute atomic E-state index is 0.0401. The highest BCUT2D eigenvalue weighted by Gasteiger charge is 2.22. The van der Waals surface area contributed by atoms with E-state index in [4.69, 9.17) is 0 Å². The molecule has 0 heterocycles. The van der Waals surface area contributed by atoms with E-state index >= 15 is 0 Å². The van der Waals surface area contributed by atoms with Crippen molar-refractivity contribution >= 4 is 6.03 Å². The molecule has 0 unspecified atom stereocenters. The van der Waals surface area contributed by atoms with Crippen molar-refractivity contribution in [1.29, 1.82) is 0 Å². The third kappa shape index (κ3) is 6.54. The summed E-state index contributed by atoms with van der Waals surface area (Å²) in [4.78, 5) is 11.6. The normalized spacial score (nSPS) is 22.5. The summed E-state index contributed by atoms with van der Waals surface area (Å²) >= 11 is 0. The van der Waals surface area contributed by atoms with Gasteiger partial charge >= 0.3 is 6.03 Å².